The molecule has 0 aliphatic carbocycles. The molecule has 0 fully saturated rings. The normalized spacial score (nSPS) is 12.5. The first kappa shape index (κ1) is 29.0. The number of rotatable bonds is 14. The maximum Gasteiger partial charge on any atom is 0.242 e. The Labute approximate surface area is 213 Å². The summed E-state index contributed by atoms with van der Waals surface area (Å²) in [5.41, 5.74) is 21.4. The molecule has 0 unspecified atom stereocenters. The van der Waals surface area contributed by atoms with Crippen molar-refractivity contribution >= 4 is 17.7 Å². The van der Waals surface area contributed by atoms with E-state index < -0.39 is 18.0 Å². The van der Waals surface area contributed by atoms with Gasteiger partial charge in [-0.05, 0) is 43.4 Å². The van der Waals surface area contributed by atoms with Gasteiger partial charge in [0.1, 0.15) is 6.04 Å². The van der Waals surface area contributed by atoms with E-state index in [0.29, 0.717) is 32.5 Å². The lowest BCUT2D eigenvalue weighted by Crippen LogP contribution is -2.53. The van der Waals surface area contributed by atoms with Gasteiger partial charge in [0.25, 0.3) is 0 Å². The van der Waals surface area contributed by atoms with Crippen LogP contribution in [0.2, 0.25) is 0 Å². The molecular weight excluding hydrogens is 456 g/mol. The van der Waals surface area contributed by atoms with Gasteiger partial charge < -0.3 is 32.7 Å². The fourth-order valence-corrected chi connectivity index (χ4v) is 3.88. The Morgan fingerprint density at radius 2 is 1.61 bits per heavy atom. The van der Waals surface area contributed by atoms with Crippen LogP contribution >= 0.6 is 0 Å². The highest BCUT2D eigenvalue weighted by Crippen LogP contribution is 2.11. The molecule has 9 nitrogen and oxygen atoms in total. The molecular formula is C27H40N6O3. The molecule has 196 valence electrons. The zero-order chi connectivity index (χ0) is 26.5. The summed E-state index contributed by atoms with van der Waals surface area (Å²) in [6, 6.07) is 13.9. The van der Waals surface area contributed by atoms with E-state index in [1.165, 1.54) is 4.90 Å². The molecule has 0 heterocycles. The topological polar surface area (TPSA) is 157 Å². The van der Waals surface area contributed by atoms with Crippen LogP contribution in [0.25, 0.3) is 0 Å². The molecule has 0 saturated carbocycles. The van der Waals surface area contributed by atoms with Gasteiger partial charge in [0.05, 0.1) is 12.5 Å². The molecule has 0 aromatic heterocycles. The smallest absolute Gasteiger partial charge is 0.242 e. The van der Waals surface area contributed by atoms with Crippen LogP contribution < -0.4 is 27.8 Å². The first-order chi connectivity index (χ1) is 17.2. The molecule has 0 aliphatic rings. The number of hydrogen-bond acceptors (Lipinski definition) is 6. The number of nitrogens with zero attached hydrogens (tertiary/aromatic N) is 1. The van der Waals surface area contributed by atoms with Gasteiger partial charge in [0.15, 0.2) is 0 Å². The minimum atomic E-state index is -1.10. The molecule has 36 heavy (non-hydrogen) atoms. The van der Waals surface area contributed by atoms with Crippen molar-refractivity contribution in [1.29, 1.82) is 0 Å². The van der Waals surface area contributed by atoms with Gasteiger partial charge in [0, 0.05) is 32.7 Å². The molecule has 8 N–H and O–H groups in total. The largest absolute Gasteiger partial charge is 0.350 e. The summed E-state index contributed by atoms with van der Waals surface area (Å²) in [5.74, 6) is -1.15. The van der Waals surface area contributed by atoms with Gasteiger partial charge in [-0.25, -0.2) is 0 Å². The minimum absolute atomic E-state index is 0.193. The Morgan fingerprint density at radius 3 is 2.25 bits per heavy atom. The van der Waals surface area contributed by atoms with Crippen LogP contribution in [0, 0.1) is 13.8 Å². The average Bonchev–Trinajstić information content (AvgIpc) is 2.87. The molecule has 2 aromatic rings. The predicted octanol–water partition coefficient (Wildman–Crippen LogP) is 0.501. The van der Waals surface area contributed by atoms with Crippen molar-refractivity contribution in [3.05, 3.63) is 70.8 Å². The Morgan fingerprint density at radius 1 is 0.944 bits per heavy atom. The standard InChI is InChI=1S/C27H40N6O3/c1-19-8-9-20(2)22(16-19)18-31-27(36)24(11-10-21-6-4-3-5-7-21)32-26(35)23(30)17-25(34)33(14-12-28)15-13-29/h3-9,16,23-24H,10-15,17-18,28-30H2,1-2H3,(H,31,36)(H,32,35)/t23-,24-/m0/s1. The van der Waals surface area contributed by atoms with Crippen molar-refractivity contribution < 1.29 is 14.4 Å². The molecule has 9 heteroatoms. The second-order valence-electron chi connectivity index (χ2n) is 9.00. The fourth-order valence-electron chi connectivity index (χ4n) is 3.88. The van der Waals surface area contributed by atoms with Crippen molar-refractivity contribution in [2.75, 3.05) is 26.2 Å². The molecule has 0 radical (unpaired) electrons. The summed E-state index contributed by atoms with van der Waals surface area (Å²) in [7, 11) is 0. The summed E-state index contributed by atoms with van der Waals surface area (Å²) < 4.78 is 0. The number of aryl methyl sites for hydroxylation is 3. The summed E-state index contributed by atoms with van der Waals surface area (Å²) in [6.45, 7) is 5.59. The van der Waals surface area contributed by atoms with E-state index in [4.69, 9.17) is 17.2 Å². The van der Waals surface area contributed by atoms with Gasteiger partial charge in [-0.1, -0.05) is 54.1 Å². The summed E-state index contributed by atoms with van der Waals surface area (Å²) >= 11 is 0. The lowest BCUT2D eigenvalue weighted by molar-refractivity contribution is -0.135. The quantitative estimate of drug-likeness (QED) is 0.256. The highest BCUT2D eigenvalue weighted by Gasteiger charge is 2.26. The molecule has 0 bridgehead atoms. The highest BCUT2D eigenvalue weighted by molar-refractivity contribution is 5.92. The van der Waals surface area contributed by atoms with Crippen molar-refractivity contribution in [3.63, 3.8) is 0 Å². The molecule has 3 amide bonds. The van der Waals surface area contributed by atoms with Gasteiger partial charge in [-0.2, -0.15) is 0 Å². The van der Waals surface area contributed by atoms with Crippen molar-refractivity contribution in [3.8, 4) is 0 Å². The van der Waals surface area contributed by atoms with Crippen molar-refractivity contribution in [1.82, 2.24) is 15.5 Å². The van der Waals surface area contributed by atoms with Crippen LogP contribution in [0.1, 0.15) is 35.1 Å². The van der Waals surface area contributed by atoms with E-state index >= 15 is 0 Å². The van der Waals surface area contributed by atoms with Gasteiger partial charge in [0.2, 0.25) is 17.7 Å². The van der Waals surface area contributed by atoms with E-state index in [1.54, 1.807) is 0 Å². The number of carbonyl (C=O) groups is 3. The third-order valence-corrected chi connectivity index (χ3v) is 6.04. The van der Waals surface area contributed by atoms with Crippen LogP contribution in [0.15, 0.2) is 48.5 Å². The zero-order valence-corrected chi connectivity index (χ0v) is 21.3. The van der Waals surface area contributed by atoms with Crippen LogP contribution in [0.3, 0.4) is 0 Å². The molecule has 2 atom stereocenters. The number of amides is 3. The van der Waals surface area contributed by atoms with E-state index in [9.17, 15) is 14.4 Å². The highest BCUT2D eigenvalue weighted by atomic mass is 16.2. The van der Waals surface area contributed by atoms with Crippen LogP contribution in [0.4, 0.5) is 0 Å². The number of nitrogens with one attached hydrogen (secondary N) is 2. The number of carbonyl (C=O) groups excluding carboxylic acids is 3. The Hall–Kier alpha value is -3.27. The lowest BCUT2D eigenvalue weighted by Gasteiger charge is -2.24. The fraction of sp³-hybridized carbons (Fsp3) is 0.444. The summed E-state index contributed by atoms with van der Waals surface area (Å²) in [6.07, 6.45) is 0.792. The minimum Gasteiger partial charge on any atom is -0.350 e. The predicted molar refractivity (Wildman–Crippen MR) is 142 cm³/mol. The number of benzene rings is 2. The molecule has 0 aliphatic heterocycles. The van der Waals surface area contributed by atoms with E-state index in [1.807, 2.05) is 62.4 Å². The van der Waals surface area contributed by atoms with Crippen molar-refractivity contribution in [2.24, 2.45) is 17.2 Å². The Balaban J connectivity index is 2.06. The molecule has 2 aromatic carbocycles. The third-order valence-electron chi connectivity index (χ3n) is 6.04. The number of nitrogens with two attached hydrogens (primary N) is 3. The zero-order valence-electron chi connectivity index (χ0n) is 21.3. The Kier molecular flexibility index (Phi) is 12.0. The third kappa shape index (κ3) is 9.41. The first-order valence-corrected chi connectivity index (χ1v) is 12.4. The molecule has 0 spiro atoms. The second kappa shape index (κ2) is 15.0. The molecule has 0 saturated heterocycles. The summed E-state index contributed by atoms with van der Waals surface area (Å²) in [5, 5.41) is 5.70. The summed E-state index contributed by atoms with van der Waals surface area (Å²) in [4.78, 5) is 40.1. The van der Waals surface area contributed by atoms with Crippen LogP contribution in [-0.4, -0.2) is 60.9 Å². The Bertz CT molecular complexity index is 992. The second-order valence-corrected chi connectivity index (χ2v) is 9.00. The van der Waals surface area contributed by atoms with Gasteiger partial charge in [-0.15, -0.1) is 0 Å². The SMILES string of the molecule is Cc1ccc(C)c(CNC(=O)[C@H](CCc2ccccc2)NC(=O)[C@@H](N)CC(=O)N(CCN)CCN)c1. The van der Waals surface area contributed by atoms with E-state index in [2.05, 4.69) is 10.6 Å². The monoisotopic (exact) mass is 496 g/mol. The average molecular weight is 497 g/mol. The number of hydrogen-bond donors (Lipinski definition) is 5. The van der Waals surface area contributed by atoms with Gasteiger partial charge in [-0.3, -0.25) is 14.4 Å². The van der Waals surface area contributed by atoms with Crippen LogP contribution in [-0.2, 0) is 27.3 Å². The van der Waals surface area contributed by atoms with Crippen LogP contribution in [0.5, 0.6) is 0 Å². The van der Waals surface area contributed by atoms with Gasteiger partial charge >= 0.3 is 0 Å². The van der Waals surface area contributed by atoms with Crippen molar-refractivity contribution in [2.45, 2.75) is 51.7 Å². The van der Waals surface area contributed by atoms with E-state index in [-0.39, 0.29) is 31.3 Å². The lowest BCUT2D eigenvalue weighted by atomic mass is 10.0. The first-order valence-electron chi connectivity index (χ1n) is 12.4. The molecule has 2 rings (SSSR count). The maximum atomic E-state index is 13.1. The van der Waals surface area contributed by atoms with E-state index in [0.717, 1.165) is 22.3 Å². The maximum absolute atomic E-state index is 13.1.